The molecular weight excluding hydrogens is 422 g/mol. The fourth-order valence-corrected chi connectivity index (χ4v) is 4.75. The molecule has 0 radical (unpaired) electrons. The second-order valence-electron chi connectivity index (χ2n) is 8.52. The van der Waals surface area contributed by atoms with Crippen LogP contribution in [0.25, 0.3) is 0 Å². The van der Waals surface area contributed by atoms with Crippen molar-refractivity contribution in [3.63, 3.8) is 0 Å². The van der Waals surface area contributed by atoms with Gasteiger partial charge in [0.1, 0.15) is 18.1 Å². The standard InChI is InChI=1S/C26H35NO6/c1-29-19-9-6-18(7-10-19)8-11-21(28)22-23(30-2)20-12-16-32-24(20)26(31-3)25(22)33-17-15-27-13-4-5-14-27/h6-7,9-10,21,28H,4-5,8,11-17H2,1-3H3. The van der Waals surface area contributed by atoms with Crippen molar-refractivity contribution in [3.8, 4) is 28.7 Å². The molecule has 1 fully saturated rings. The summed E-state index contributed by atoms with van der Waals surface area (Å²) < 4.78 is 29.0. The first-order valence-corrected chi connectivity index (χ1v) is 11.8. The van der Waals surface area contributed by atoms with E-state index >= 15 is 0 Å². The van der Waals surface area contributed by atoms with Gasteiger partial charge in [-0.25, -0.2) is 0 Å². The maximum atomic E-state index is 11.3. The third kappa shape index (κ3) is 5.14. The summed E-state index contributed by atoms with van der Waals surface area (Å²) in [5.74, 6) is 3.19. The summed E-state index contributed by atoms with van der Waals surface area (Å²) in [7, 11) is 4.90. The Balaban J connectivity index is 1.60. The SMILES string of the molecule is COc1ccc(CCC(O)c2c(OC)c3c(c(OC)c2OCCN2CCCC2)OCC3)cc1. The van der Waals surface area contributed by atoms with Crippen molar-refractivity contribution in [2.45, 2.75) is 38.2 Å². The van der Waals surface area contributed by atoms with Crippen molar-refractivity contribution < 1.29 is 28.8 Å². The van der Waals surface area contributed by atoms with Crippen LogP contribution < -0.4 is 23.7 Å². The molecule has 33 heavy (non-hydrogen) atoms. The van der Waals surface area contributed by atoms with Crippen molar-refractivity contribution in [3.05, 3.63) is 41.0 Å². The van der Waals surface area contributed by atoms with Crippen LogP contribution >= 0.6 is 0 Å². The monoisotopic (exact) mass is 457 g/mol. The highest BCUT2D eigenvalue weighted by molar-refractivity contribution is 5.68. The highest BCUT2D eigenvalue weighted by Gasteiger charge is 2.33. The molecule has 0 saturated carbocycles. The number of ether oxygens (including phenoxy) is 5. The number of aliphatic hydroxyl groups excluding tert-OH is 1. The van der Waals surface area contributed by atoms with Crippen LogP contribution in [-0.4, -0.2) is 64.2 Å². The molecule has 1 unspecified atom stereocenters. The Kier molecular flexibility index (Phi) is 7.83. The van der Waals surface area contributed by atoms with E-state index in [1.54, 1.807) is 21.3 Å². The number of methoxy groups -OCH3 is 3. The Morgan fingerprint density at radius 3 is 2.36 bits per heavy atom. The van der Waals surface area contributed by atoms with E-state index in [4.69, 9.17) is 23.7 Å². The van der Waals surface area contributed by atoms with Gasteiger partial charge in [-0.05, 0) is 56.5 Å². The highest BCUT2D eigenvalue weighted by atomic mass is 16.5. The second-order valence-corrected chi connectivity index (χ2v) is 8.52. The highest BCUT2D eigenvalue weighted by Crippen LogP contribution is 2.53. The molecule has 2 aliphatic heterocycles. The fourth-order valence-electron chi connectivity index (χ4n) is 4.75. The summed E-state index contributed by atoms with van der Waals surface area (Å²) in [6.45, 7) is 4.12. The van der Waals surface area contributed by atoms with E-state index in [-0.39, 0.29) is 0 Å². The van der Waals surface area contributed by atoms with E-state index in [9.17, 15) is 5.11 Å². The number of fused-ring (bicyclic) bond motifs is 1. The van der Waals surface area contributed by atoms with Crippen LogP contribution in [0.15, 0.2) is 24.3 Å². The molecular formula is C26H35NO6. The molecule has 0 bridgehead atoms. The zero-order valence-corrected chi connectivity index (χ0v) is 19.9. The topological polar surface area (TPSA) is 69.6 Å². The van der Waals surface area contributed by atoms with Crippen LogP contribution in [0.1, 0.15) is 42.1 Å². The lowest BCUT2D eigenvalue weighted by Crippen LogP contribution is -2.25. The van der Waals surface area contributed by atoms with Crippen LogP contribution in [0, 0.1) is 0 Å². The van der Waals surface area contributed by atoms with Gasteiger partial charge in [0.2, 0.25) is 5.75 Å². The van der Waals surface area contributed by atoms with E-state index < -0.39 is 6.10 Å². The van der Waals surface area contributed by atoms with E-state index in [1.807, 2.05) is 24.3 Å². The van der Waals surface area contributed by atoms with Gasteiger partial charge >= 0.3 is 0 Å². The molecule has 2 heterocycles. The molecule has 2 aliphatic rings. The zero-order valence-electron chi connectivity index (χ0n) is 19.9. The number of rotatable bonds is 11. The van der Waals surface area contributed by atoms with Crippen LogP contribution in [0.5, 0.6) is 28.7 Å². The first-order valence-electron chi connectivity index (χ1n) is 11.8. The number of nitrogens with zero attached hydrogens (tertiary/aromatic N) is 1. The molecule has 1 N–H and O–H groups in total. The summed E-state index contributed by atoms with van der Waals surface area (Å²) in [5.41, 5.74) is 2.70. The Labute approximate surface area is 196 Å². The van der Waals surface area contributed by atoms with Gasteiger partial charge in [-0.2, -0.15) is 0 Å². The third-order valence-electron chi connectivity index (χ3n) is 6.51. The predicted octanol–water partition coefficient (Wildman–Crippen LogP) is 3.79. The van der Waals surface area contributed by atoms with Gasteiger partial charge in [0, 0.05) is 18.5 Å². The van der Waals surface area contributed by atoms with Crippen molar-refractivity contribution in [2.75, 3.05) is 54.2 Å². The first-order chi connectivity index (χ1) is 16.2. The summed E-state index contributed by atoms with van der Waals surface area (Å²) in [4.78, 5) is 2.40. The molecule has 0 spiro atoms. The van der Waals surface area contributed by atoms with E-state index in [0.29, 0.717) is 61.0 Å². The van der Waals surface area contributed by atoms with Gasteiger partial charge in [0.05, 0.1) is 39.6 Å². The average molecular weight is 458 g/mol. The van der Waals surface area contributed by atoms with Gasteiger partial charge < -0.3 is 28.8 Å². The lowest BCUT2D eigenvalue weighted by molar-refractivity contribution is 0.153. The zero-order chi connectivity index (χ0) is 23.2. The summed E-state index contributed by atoms with van der Waals surface area (Å²) in [6, 6.07) is 7.91. The molecule has 4 rings (SSSR count). The van der Waals surface area contributed by atoms with Crippen LogP contribution in [0.2, 0.25) is 0 Å². The maximum absolute atomic E-state index is 11.3. The Bertz CT molecular complexity index is 924. The number of hydrogen-bond donors (Lipinski definition) is 1. The summed E-state index contributed by atoms with van der Waals surface area (Å²) in [6.07, 6.45) is 3.63. The predicted molar refractivity (Wildman–Crippen MR) is 126 cm³/mol. The normalized spacial score (nSPS) is 16.2. The molecule has 0 aliphatic carbocycles. The van der Waals surface area contributed by atoms with Crippen LogP contribution in [0.4, 0.5) is 0 Å². The Morgan fingerprint density at radius 1 is 0.970 bits per heavy atom. The molecule has 180 valence electrons. The maximum Gasteiger partial charge on any atom is 0.204 e. The van der Waals surface area contributed by atoms with E-state index in [1.165, 1.54) is 12.8 Å². The molecule has 2 aromatic carbocycles. The molecule has 7 nitrogen and oxygen atoms in total. The molecule has 0 amide bonds. The molecule has 1 atom stereocenters. The molecule has 2 aromatic rings. The van der Waals surface area contributed by atoms with Crippen LogP contribution in [0.3, 0.4) is 0 Å². The fraction of sp³-hybridized carbons (Fsp3) is 0.538. The van der Waals surface area contributed by atoms with E-state index in [2.05, 4.69) is 4.90 Å². The average Bonchev–Trinajstić information content (AvgIpc) is 3.54. The second kappa shape index (κ2) is 11.0. The number of aliphatic hydroxyl groups is 1. The summed E-state index contributed by atoms with van der Waals surface area (Å²) >= 11 is 0. The summed E-state index contributed by atoms with van der Waals surface area (Å²) in [5, 5.41) is 11.3. The lowest BCUT2D eigenvalue weighted by atomic mass is 9.95. The smallest absolute Gasteiger partial charge is 0.204 e. The molecule has 0 aromatic heterocycles. The first kappa shape index (κ1) is 23.5. The van der Waals surface area contributed by atoms with Crippen molar-refractivity contribution >= 4 is 0 Å². The Morgan fingerprint density at radius 2 is 1.70 bits per heavy atom. The Hall–Kier alpha value is -2.64. The number of benzene rings is 2. The van der Waals surface area contributed by atoms with Gasteiger partial charge in [-0.1, -0.05) is 12.1 Å². The van der Waals surface area contributed by atoms with Crippen LogP contribution in [-0.2, 0) is 12.8 Å². The largest absolute Gasteiger partial charge is 0.497 e. The lowest BCUT2D eigenvalue weighted by Gasteiger charge is -2.24. The quantitative estimate of drug-likeness (QED) is 0.551. The third-order valence-corrected chi connectivity index (χ3v) is 6.51. The minimum atomic E-state index is -0.774. The van der Waals surface area contributed by atoms with Crippen molar-refractivity contribution in [2.24, 2.45) is 0 Å². The van der Waals surface area contributed by atoms with Crippen molar-refractivity contribution in [1.82, 2.24) is 4.90 Å². The molecule has 7 heteroatoms. The van der Waals surface area contributed by atoms with E-state index in [0.717, 1.165) is 36.5 Å². The minimum absolute atomic E-state index is 0.510. The number of aryl methyl sites for hydroxylation is 1. The minimum Gasteiger partial charge on any atom is -0.497 e. The van der Waals surface area contributed by atoms with Gasteiger partial charge in [0.25, 0.3) is 0 Å². The molecule has 1 saturated heterocycles. The number of likely N-dealkylation sites (tertiary alicyclic amines) is 1. The van der Waals surface area contributed by atoms with Gasteiger partial charge in [-0.3, -0.25) is 4.90 Å². The van der Waals surface area contributed by atoms with Gasteiger partial charge in [-0.15, -0.1) is 0 Å². The van der Waals surface area contributed by atoms with Gasteiger partial charge in [0.15, 0.2) is 11.5 Å². The van der Waals surface area contributed by atoms with Crippen molar-refractivity contribution in [1.29, 1.82) is 0 Å². The number of hydrogen-bond acceptors (Lipinski definition) is 7.